The van der Waals surface area contributed by atoms with E-state index in [-0.39, 0.29) is 5.91 Å². The van der Waals surface area contributed by atoms with Crippen LogP contribution in [0.4, 0.5) is 5.69 Å². The second-order valence-corrected chi connectivity index (χ2v) is 8.04. The molecule has 0 saturated heterocycles. The van der Waals surface area contributed by atoms with Gasteiger partial charge in [-0.1, -0.05) is 25.1 Å². The van der Waals surface area contributed by atoms with E-state index < -0.39 is 0 Å². The van der Waals surface area contributed by atoms with E-state index in [0.29, 0.717) is 18.8 Å². The molecular formula is C26H28N2O3. The van der Waals surface area contributed by atoms with Gasteiger partial charge in [0, 0.05) is 37.3 Å². The number of nitrogens with zero attached hydrogens (tertiary/aromatic N) is 2. The summed E-state index contributed by atoms with van der Waals surface area (Å²) in [6.07, 6.45) is 2.57. The normalized spacial score (nSPS) is 11.1. The maximum absolute atomic E-state index is 13.6. The summed E-state index contributed by atoms with van der Waals surface area (Å²) in [7, 11) is 4.02. The highest BCUT2D eigenvalue weighted by molar-refractivity contribution is 5.99. The van der Waals surface area contributed by atoms with Crippen molar-refractivity contribution in [1.82, 2.24) is 4.90 Å². The number of hydrogen-bond acceptors (Lipinski definition) is 4. The molecule has 0 radical (unpaired) electrons. The number of amides is 1. The molecule has 0 atom stereocenters. The summed E-state index contributed by atoms with van der Waals surface area (Å²) in [5.74, 6) is 0.986. The molecule has 4 rings (SSSR count). The van der Waals surface area contributed by atoms with Crippen molar-refractivity contribution in [3.8, 4) is 0 Å². The van der Waals surface area contributed by atoms with Crippen LogP contribution in [0.2, 0.25) is 0 Å². The van der Waals surface area contributed by atoms with Gasteiger partial charge in [-0.3, -0.25) is 4.79 Å². The molecule has 0 unspecified atom stereocenters. The lowest BCUT2D eigenvalue weighted by Gasteiger charge is -2.22. The summed E-state index contributed by atoms with van der Waals surface area (Å²) in [6, 6.07) is 18.1. The molecule has 0 fully saturated rings. The number of benzene rings is 2. The Morgan fingerprint density at radius 3 is 2.35 bits per heavy atom. The lowest BCUT2D eigenvalue weighted by Crippen LogP contribution is -2.30. The minimum Gasteiger partial charge on any atom is -0.467 e. The van der Waals surface area contributed by atoms with Crippen molar-refractivity contribution < 1.29 is 13.6 Å². The summed E-state index contributed by atoms with van der Waals surface area (Å²) in [6.45, 7) is 4.91. The van der Waals surface area contributed by atoms with Crippen LogP contribution in [0.5, 0.6) is 0 Å². The fourth-order valence-electron chi connectivity index (χ4n) is 3.75. The molecular weight excluding hydrogens is 388 g/mol. The summed E-state index contributed by atoms with van der Waals surface area (Å²) in [4.78, 5) is 17.4. The molecule has 5 nitrogen and oxygen atoms in total. The number of fused-ring (bicyclic) bond motifs is 1. The summed E-state index contributed by atoms with van der Waals surface area (Å²) < 4.78 is 11.5. The molecule has 2 aromatic heterocycles. The third kappa shape index (κ3) is 4.36. The molecule has 0 aliphatic heterocycles. The van der Waals surface area contributed by atoms with Crippen molar-refractivity contribution in [3.05, 3.63) is 89.1 Å². The molecule has 0 bridgehead atoms. The monoisotopic (exact) mass is 416 g/mol. The number of furan rings is 2. The molecule has 0 saturated carbocycles. The van der Waals surface area contributed by atoms with Crippen molar-refractivity contribution >= 4 is 22.6 Å². The number of anilines is 1. The lowest BCUT2D eigenvalue weighted by atomic mass is 10.1. The fraction of sp³-hybridized carbons (Fsp3) is 0.269. The second kappa shape index (κ2) is 8.72. The predicted molar refractivity (Wildman–Crippen MR) is 123 cm³/mol. The Hall–Kier alpha value is -3.47. The average Bonchev–Trinajstić information content (AvgIpc) is 3.40. The van der Waals surface area contributed by atoms with E-state index in [1.165, 1.54) is 5.56 Å². The van der Waals surface area contributed by atoms with E-state index in [0.717, 1.165) is 40.0 Å². The van der Waals surface area contributed by atoms with Crippen molar-refractivity contribution in [2.45, 2.75) is 33.4 Å². The Morgan fingerprint density at radius 1 is 0.968 bits per heavy atom. The van der Waals surface area contributed by atoms with Gasteiger partial charge in [-0.25, -0.2) is 0 Å². The summed E-state index contributed by atoms with van der Waals surface area (Å²) in [5.41, 5.74) is 5.01. The predicted octanol–water partition coefficient (Wildman–Crippen LogP) is 5.81. The first-order valence-electron chi connectivity index (χ1n) is 10.6. The quantitative estimate of drug-likeness (QED) is 0.382. The van der Waals surface area contributed by atoms with Gasteiger partial charge in [0.15, 0.2) is 5.76 Å². The smallest absolute Gasteiger partial charge is 0.290 e. The maximum atomic E-state index is 13.6. The Bertz CT molecular complexity index is 1170. The van der Waals surface area contributed by atoms with E-state index in [1.807, 2.05) is 45.3 Å². The molecule has 160 valence electrons. The standard InChI is InChI=1S/C26H28N2O3/c1-5-19-10-13-24-23(15-19)18(2)25(31-24)26(29)28(17-22-7-6-14-30-22)16-20-8-11-21(12-9-20)27(3)4/h6-15H,5,16-17H2,1-4H3. The van der Waals surface area contributed by atoms with Crippen molar-refractivity contribution in [3.63, 3.8) is 0 Å². The number of aryl methyl sites for hydroxylation is 2. The molecule has 0 spiro atoms. The van der Waals surface area contributed by atoms with Gasteiger partial charge in [0.1, 0.15) is 11.3 Å². The largest absolute Gasteiger partial charge is 0.467 e. The third-order valence-electron chi connectivity index (χ3n) is 5.64. The van der Waals surface area contributed by atoms with E-state index >= 15 is 0 Å². The molecule has 1 amide bonds. The first-order valence-corrected chi connectivity index (χ1v) is 10.6. The number of rotatable bonds is 7. The maximum Gasteiger partial charge on any atom is 0.290 e. The van der Waals surface area contributed by atoms with Crippen LogP contribution in [0.25, 0.3) is 11.0 Å². The van der Waals surface area contributed by atoms with Crippen LogP contribution in [-0.2, 0) is 19.5 Å². The zero-order valence-electron chi connectivity index (χ0n) is 18.5. The first kappa shape index (κ1) is 20.8. The van der Waals surface area contributed by atoms with E-state index in [2.05, 4.69) is 42.2 Å². The lowest BCUT2D eigenvalue weighted by molar-refractivity contribution is 0.0686. The van der Waals surface area contributed by atoms with E-state index in [4.69, 9.17) is 8.83 Å². The number of hydrogen-bond donors (Lipinski definition) is 0. The molecule has 5 heteroatoms. The van der Waals surface area contributed by atoms with Gasteiger partial charge < -0.3 is 18.6 Å². The second-order valence-electron chi connectivity index (χ2n) is 8.04. The van der Waals surface area contributed by atoms with Crippen molar-refractivity contribution in [2.75, 3.05) is 19.0 Å². The minimum absolute atomic E-state index is 0.139. The van der Waals surface area contributed by atoms with Gasteiger partial charge in [-0.05, 0) is 60.9 Å². The van der Waals surface area contributed by atoms with Gasteiger partial charge in [0.2, 0.25) is 0 Å². The third-order valence-corrected chi connectivity index (χ3v) is 5.64. The topological polar surface area (TPSA) is 49.8 Å². The van der Waals surface area contributed by atoms with Gasteiger partial charge in [-0.2, -0.15) is 0 Å². The first-order chi connectivity index (χ1) is 15.0. The highest BCUT2D eigenvalue weighted by Gasteiger charge is 2.24. The van der Waals surface area contributed by atoms with Gasteiger partial charge in [0.05, 0.1) is 12.8 Å². The van der Waals surface area contributed by atoms with Crippen LogP contribution < -0.4 is 4.90 Å². The Labute approximate surface area is 182 Å². The molecule has 0 aliphatic carbocycles. The van der Waals surface area contributed by atoms with Crippen LogP contribution in [0.3, 0.4) is 0 Å². The van der Waals surface area contributed by atoms with Gasteiger partial charge >= 0.3 is 0 Å². The SMILES string of the molecule is CCc1ccc2oc(C(=O)N(Cc3ccc(N(C)C)cc3)Cc3ccco3)c(C)c2c1. The highest BCUT2D eigenvalue weighted by Crippen LogP contribution is 2.28. The molecule has 31 heavy (non-hydrogen) atoms. The van der Waals surface area contributed by atoms with Crippen LogP contribution in [-0.4, -0.2) is 24.9 Å². The summed E-state index contributed by atoms with van der Waals surface area (Å²) in [5, 5.41) is 0.996. The van der Waals surface area contributed by atoms with Crippen molar-refractivity contribution in [1.29, 1.82) is 0 Å². The Kier molecular flexibility index (Phi) is 5.85. The van der Waals surface area contributed by atoms with Crippen LogP contribution in [0.1, 0.15) is 39.9 Å². The van der Waals surface area contributed by atoms with E-state index in [9.17, 15) is 4.79 Å². The Balaban J connectivity index is 1.66. The summed E-state index contributed by atoms with van der Waals surface area (Å²) >= 11 is 0. The highest BCUT2D eigenvalue weighted by atomic mass is 16.3. The van der Waals surface area contributed by atoms with E-state index in [1.54, 1.807) is 11.2 Å². The van der Waals surface area contributed by atoms with Crippen LogP contribution in [0, 0.1) is 6.92 Å². The molecule has 0 aliphatic rings. The zero-order valence-corrected chi connectivity index (χ0v) is 18.5. The van der Waals surface area contributed by atoms with Gasteiger partial charge in [0.25, 0.3) is 5.91 Å². The molecule has 4 aromatic rings. The molecule has 2 aromatic carbocycles. The Morgan fingerprint density at radius 2 is 1.71 bits per heavy atom. The van der Waals surface area contributed by atoms with Crippen molar-refractivity contribution in [2.24, 2.45) is 0 Å². The zero-order chi connectivity index (χ0) is 22.0. The fourth-order valence-corrected chi connectivity index (χ4v) is 3.75. The van der Waals surface area contributed by atoms with Crippen LogP contribution >= 0.6 is 0 Å². The molecule has 0 N–H and O–H groups in total. The number of carbonyl (C=O) groups excluding carboxylic acids is 1. The average molecular weight is 417 g/mol. The van der Waals surface area contributed by atoms with Gasteiger partial charge in [-0.15, -0.1) is 0 Å². The number of carbonyl (C=O) groups is 1. The van der Waals surface area contributed by atoms with Crippen LogP contribution in [0.15, 0.2) is 69.7 Å². The minimum atomic E-state index is -0.139. The molecule has 2 heterocycles.